The molecular weight excluding hydrogens is 254 g/mol. The maximum Gasteiger partial charge on any atom is 0.335 e. The molecule has 4 nitrogen and oxygen atoms in total. The summed E-state index contributed by atoms with van der Waals surface area (Å²) in [6, 6.07) is 5.13. The van der Waals surface area contributed by atoms with Gasteiger partial charge in [0.15, 0.2) is 0 Å². The lowest BCUT2D eigenvalue weighted by Gasteiger charge is -2.23. The van der Waals surface area contributed by atoms with Gasteiger partial charge >= 0.3 is 5.97 Å². The van der Waals surface area contributed by atoms with Gasteiger partial charge in [0.25, 0.3) is 5.91 Å². The molecule has 0 saturated heterocycles. The number of rotatable bonds is 4. The van der Waals surface area contributed by atoms with Crippen LogP contribution in [0.2, 0.25) is 0 Å². The molecule has 2 N–H and O–H groups in total. The quantitative estimate of drug-likeness (QED) is 0.887. The van der Waals surface area contributed by atoms with Crippen molar-refractivity contribution in [2.75, 3.05) is 0 Å². The highest BCUT2D eigenvalue weighted by Crippen LogP contribution is 2.20. The second-order valence-electron chi connectivity index (χ2n) is 5.30. The average Bonchev–Trinajstić information content (AvgIpc) is 2.47. The Balaban J connectivity index is 2.20. The van der Waals surface area contributed by atoms with Crippen molar-refractivity contribution in [2.24, 2.45) is 0 Å². The summed E-state index contributed by atoms with van der Waals surface area (Å²) in [5.41, 5.74) is 1.34. The zero-order valence-corrected chi connectivity index (χ0v) is 11.8. The lowest BCUT2D eigenvalue weighted by molar-refractivity contribution is 0.0695. The first-order valence-corrected chi connectivity index (χ1v) is 7.29. The maximum atomic E-state index is 12.4. The van der Waals surface area contributed by atoms with Crippen LogP contribution in [0.25, 0.3) is 0 Å². The molecule has 0 aliphatic heterocycles. The van der Waals surface area contributed by atoms with E-state index in [9.17, 15) is 14.7 Å². The van der Waals surface area contributed by atoms with Gasteiger partial charge in [0.2, 0.25) is 0 Å². The van der Waals surface area contributed by atoms with Crippen molar-refractivity contribution >= 4 is 11.9 Å². The zero-order valence-electron chi connectivity index (χ0n) is 11.8. The standard InChI is InChI=1S/C16H21NO3/c1-2-12-13(9-6-10-14(12)16(19)20)15(18)17-11-7-4-3-5-8-11/h6,9-11H,2-5,7-8H2,1H3,(H,17,18)(H,19,20). The molecule has 20 heavy (non-hydrogen) atoms. The number of aromatic carboxylic acids is 1. The number of carboxylic acids is 1. The summed E-state index contributed by atoms with van der Waals surface area (Å²) in [6.45, 7) is 1.87. The van der Waals surface area contributed by atoms with Crippen LogP contribution in [0.3, 0.4) is 0 Å². The van der Waals surface area contributed by atoms with Gasteiger partial charge in [-0.05, 0) is 37.0 Å². The van der Waals surface area contributed by atoms with Crippen LogP contribution in [-0.2, 0) is 6.42 Å². The molecule has 4 heteroatoms. The lowest BCUT2D eigenvalue weighted by atomic mass is 9.94. The van der Waals surface area contributed by atoms with Gasteiger partial charge in [0.05, 0.1) is 5.56 Å². The van der Waals surface area contributed by atoms with Gasteiger partial charge in [-0.2, -0.15) is 0 Å². The van der Waals surface area contributed by atoms with Crippen molar-refractivity contribution in [3.8, 4) is 0 Å². The summed E-state index contributed by atoms with van der Waals surface area (Å²) < 4.78 is 0. The van der Waals surface area contributed by atoms with Crippen molar-refractivity contribution in [3.05, 3.63) is 34.9 Å². The molecule has 2 rings (SSSR count). The van der Waals surface area contributed by atoms with Crippen LogP contribution in [0.15, 0.2) is 18.2 Å². The van der Waals surface area contributed by atoms with E-state index in [-0.39, 0.29) is 17.5 Å². The Labute approximate surface area is 119 Å². The van der Waals surface area contributed by atoms with Crippen molar-refractivity contribution in [1.82, 2.24) is 5.32 Å². The Kier molecular flexibility index (Phi) is 4.77. The van der Waals surface area contributed by atoms with Crippen molar-refractivity contribution in [2.45, 2.75) is 51.5 Å². The van der Waals surface area contributed by atoms with E-state index in [0.717, 1.165) is 25.7 Å². The average molecular weight is 275 g/mol. The normalized spacial score (nSPS) is 15.8. The molecular formula is C16H21NO3. The second-order valence-corrected chi connectivity index (χ2v) is 5.30. The third kappa shape index (κ3) is 3.18. The van der Waals surface area contributed by atoms with Crippen LogP contribution in [0, 0.1) is 0 Å². The van der Waals surface area contributed by atoms with Crippen LogP contribution < -0.4 is 5.32 Å². The molecule has 0 bridgehead atoms. The van der Waals surface area contributed by atoms with E-state index < -0.39 is 5.97 Å². The summed E-state index contributed by atoms with van der Waals surface area (Å²) in [7, 11) is 0. The SMILES string of the molecule is CCc1c(C(=O)O)cccc1C(=O)NC1CCCCC1. The van der Waals surface area contributed by atoms with Gasteiger partial charge in [-0.3, -0.25) is 4.79 Å². The first kappa shape index (κ1) is 14.6. The largest absolute Gasteiger partial charge is 0.478 e. The highest BCUT2D eigenvalue weighted by Gasteiger charge is 2.20. The summed E-state index contributed by atoms with van der Waals surface area (Å²) in [5.74, 6) is -1.12. The van der Waals surface area contributed by atoms with Crippen molar-refractivity contribution in [1.29, 1.82) is 0 Å². The predicted molar refractivity (Wildman–Crippen MR) is 77.1 cm³/mol. The third-order valence-corrected chi connectivity index (χ3v) is 3.94. The lowest BCUT2D eigenvalue weighted by Crippen LogP contribution is -2.36. The van der Waals surface area contributed by atoms with E-state index in [1.54, 1.807) is 18.2 Å². The number of amides is 1. The van der Waals surface area contributed by atoms with Gasteiger partial charge in [0.1, 0.15) is 0 Å². The predicted octanol–water partition coefficient (Wildman–Crippen LogP) is 3.01. The zero-order chi connectivity index (χ0) is 14.5. The molecule has 0 radical (unpaired) electrons. The van der Waals surface area contributed by atoms with E-state index in [1.165, 1.54) is 6.42 Å². The number of hydrogen-bond acceptors (Lipinski definition) is 2. The Morgan fingerprint density at radius 2 is 1.85 bits per heavy atom. The highest BCUT2D eigenvalue weighted by atomic mass is 16.4. The molecule has 1 aromatic carbocycles. The maximum absolute atomic E-state index is 12.4. The van der Waals surface area contributed by atoms with Crippen LogP contribution in [-0.4, -0.2) is 23.0 Å². The first-order chi connectivity index (χ1) is 9.63. The Hall–Kier alpha value is -1.84. The summed E-state index contributed by atoms with van der Waals surface area (Å²) >= 11 is 0. The molecule has 1 saturated carbocycles. The van der Waals surface area contributed by atoms with E-state index in [2.05, 4.69) is 5.32 Å². The molecule has 108 valence electrons. The molecule has 1 amide bonds. The molecule has 0 unspecified atom stereocenters. The Morgan fingerprint density at radius 1 is 1.20 bits per heavy atom. The molecule has 1 aliphatic rings. The summed E-state index contributed by atoms with van der Waals surface area (Å²) in [6.07, 6.45) is 6.12. The van der Waals surface area contributed by atoms with Gasteiger partial charge in [0, 0.05) is 11.6 Å². The van der Waals surface area contributed by atoms with Crippen LogP contribution >= 0.6 is 0 Å². The number of carbonyl (C=O) groups is 2. The van der Waals surface area contributed by atoms with Crippen molar-refractivity contribution in [3.63, 3.8) is 0 Å². The first-order valence-electron chi connectivity index (χ1n) is 7.29. The minimum Gasteiger partial charge on any atom is -0.478 e. The topological polar surface area (TPSA) is 66.4 Å². The van der Waals surface area contributed by atoms with E-state index in [0.29, 0.717) is 17.5 Å². The summed E-state index contributed by atoms with van der Waals surface area (Å²) in [5, 5.41) is 12.2. The van der Waals surface area contributed by atoms with E-state index in [1.807, 2.05) is 6.92 Å². The van der Waals surface area contributed by atoms with Gasteiger partial charge < -0.3 is 10.4 Å². The Bertz CT molecular complexity index is 504. The molecule has 0 atom stereocenters. The van der Waals surface area contributed by atoms with Crippen LogP contribution in [0.4, 0.5) is 0 Å². The van der Waals surface area contributed by atoms with Gasteiger partial charge in [-0.1, -0.05) is 32.3 Å². The minimum absolute atomic E-state index is 0.142. The molecule has 0 spiro atoms. The molecule has 1 aliphatic carbocycles. The Morgan fingerprint density at radius 3 is 2.45 bits per heavy atom. The van der Waals surface area contributed by atoms with Crippen LogP contribution in [0.1, 0.15) is 65.3 Å². The number of carbonyl (C=O) groups excluding carboxylic acids is 1. The number of hydrogen-bond donors (Lipinski definition) is 2. The van der Waals surface area contributed by atoms with E-state index >= 15 is 0 Å². The highest BCUT2D eigenvalue weighted by molar-refractivity contribution is 6.00. The fraction of sp³-hybridized carbons (Fsp3) is 0.500. The third-order valence-electron chi connectivity index (χ3n) is 3.94. The van der Waals surface area contributed by atoms with Crippen LogP contribution in [0.5, 0.6) is 0 Å². The molecule has 0 aromatic heterocycles. The van der Waals surface area contributed by atoms with Crippen molar-refractivity contribution < 1.29 is 14.7 Å². The minimum atomic E-state index is -0.978. The molecule has 1 fully saturated rings. The fourth-order valence-corrected chi connectivity index (χ4v) is 2.89. The summed E-state index contributed by atoms with van der Waals surface area (Å²) in [4.78, 5) is 23.6. The number of benzene rings is 1. The van der Waals surface area contributed by atoms with Gasteiger partial charge in [-0.25, -0.2) is 4.79 Å². The number of carboxylic acid groups (broad SMARTS) is 1. The van der Waals surface area contributed by atoms with E-state index in [4.69, 9.17) is 0 Å². The van der Waals surface area contributed by atoms with Gasteiger partial charge in [-0.15, -0.1) is 0 Å². The molecule has 0 heterocycles. The second kappa shape index (κ2) is 6.55. The monoisotopic (exact) mass is 275 g/mol. The number of nitrogens with one attached hydrogen (secondary N) is 1. The smallest absolute Gasteiger partial charge is 0.335 e. The fourth-order valence-electron chi connectivity index (χ4n) is 2.89. The molecule has 1 aromatic rings.